The van der Waals surface area contributed by atoms with Crippen LogP contribution in [0.3, 0.4) is 0 Å². The van der Waals surface area contributed by atoms with E-state index < -0.39 is 30.1 Å². The summed E-state index contributed by atoms with van der Waals surface area (Å²) in [4.78, 5) is 46.5. The first-order chi connectivity index (χ1) is 56.6. The molecule has 0 N–H and O–H groups in total. The molecule has 33 heteroatoms. The number of aromatic nitrogens is 6. The molecule has 0 spiro atoms. The second-order valence-corrected chi connectivity index (χ2v) is 39.3. The highest BCUT2D eigenvalue weighted by atomic mass is 127. The summed E-state index contributed by atoms with van der Waals surface area (Å²) >= 11 is 20.6. The fraction of sp³-hybridized carbons (Fsp3) is 0.435. The normalized spacial score (nSPS) is 16.2. The summed E-state index contributed by atoms with van der Waals surface area (Å²) in [7, 11) is -10.5. The molecule has 0 radical (unpaired) electrons. The molecule has 118 heavy (non-hydrogen) atoms. The molecule has 0 unspecified atom stereocenters. The summed E-state index contributed by atoms with van der Waals surface area (Å²) < 4.78 is 118. The Morgan fingerprint density at radius 1 is 0.381 bits per heavy atom. The number of halogens is 4. The molecular weight excluding hydrogens is 1740 g/mol. The molecule has 3 aromatic heterocycles. The Balaban J connectivity index is 0.000000163. The Labute approximate surface area is 719 Å². The SMILES string of the molecule is CC1(COc2c(N3CCN(S(=O)(=O)Cc4ccc(I)cc4)CC3)cnn(-c3cccc(Cl)c3)c2=O)CC1.CCCCOc1ccc(CS(=O)(=O)N2CCN(c3cnn(-c4cccc(Cl)c4)c(=O)c3OCC3(C)CC3)CC2)cc1.CCCCOc1ccc(CS(=O)(=O)N2CCN(c3cnn(-c4cccc(Cl)c4)c(=O)c3OCCCC)CC2)cc1. The number of ether oxygens (including phenoxy) is 5. The van der Waals surface area contributed by atoms with Gasteiger partial charge in [-0.25, -0.2) is 25.3 Å². The van der Waals surface area contributed by atoms with Crippen LogP contribution in [-0.4, -0.2) is 179 Å². The van der Waals surface area contributed by atoms with E-state index in [-0.39, 0.29) is 62.0 Å². The van der Waals surface area contributed by atoms with Crippen molar-refractivity contribution in [2.24, 2.45) is 10.8 Å². The molecule has 6 aromatic carbocycles. The molecule has 3 saturated heterocycles. The van der Waals surface area contributed by atoms with E-state index in [1.54, 1.807) is 116 Å². The third-order valence-corrected chi connectivity index (χ3v) is 28.2. The highest BCUT2D eigenvalue weighted by Crippen LogP contribution is 2.47. The zero-order valence-corrected chi connectivity index (χ0v) is 74.0. The molecule has 3 aliphatic heterocycles. The van der Waals surface area contributed by atoms with Gasteiger partial charge in [0.1, 0.15) is 28.6 Å². The fourth-order valence-corrected chi connectivity index (χ4v) is 18.9. The summed E-state index contributed by atoms with van der Waals surface area (Å²) in [6, 6.07) is 42.8. The van der Waals surface area contributed by atoms with Crippen LogP contribution in [0, 0.1) is 14.4 Å². The molecule has 2 saturated carbocycles. The first kappa shape index (κ1) is 89.0. The van der Waals surface area contributed by atoms with E-state index in [4.69, 9.17) is 58.5 Å². The van der Waals surface area contributed by atoms with Gasteiger partial charge in [0.25, 0.3) is 0 Å². The lowest BCUT2D eigenvalue weighted by molar-refractivity contribution is 0.242. The standard InChI is InChI=1S/C30H37ClN4O5S.C29H37ClN4O5S.C26H28ClIN4O4S/c1-3-4-18-39-26-10-8-23(9-11-26)21-41(37,38)34-16-14-33(15-17-34)27-20-32-35(25-7-5-6-24(31)19-25)29(36)28(27)40-22-30(2)12-13-30;1-3-5-18-38-26-12-10-23(11-13-26)22-40(36,37)33-16-14-32(15-17-33)27-21-31-34(25-9-7-8-24(30)20-25)29(35)28(27)39-19-6-4-2;1-26(9-10-26)18-36-24-23(16-29-32(25(24)33)22-4-2-3-20(27)15-22)30-11-13-31(14-12-30)37(34,35)17-19-5-7-21(28)8-6-19/h5-11,19-20H,3-4,12-18,21-22H2,1-2H3;7-13,20-21H,3-6,14-19,22H2,1-2H3;2-8,15-16H,9-14,17-18H2,1H3. The summed E-state index contributed by atoms with van der Waals surface area (Å²) in [5.41, 5.74) is 4.60. The van der Waals surface area contributed by atoms with Gasteiger partial charge in [-0.2, -0.15) is 42.3 Å². The van der Waals surface area contributed by atoms with Crippen LogP contribution in [0.1, 0.15) is 116 Å². The van der Waals surface area contributed by atoms with Crippen LogP contribution in [0.5, 0.6) is 28.7 Å². The molecule has 9 aromatic rings. The van der Waals surface area contributed by atoms with Gasteiger partial charge in [-0.3, -0.25) is 14.4 Å². The average Bonchev–Trinajstić information content (AvgIpc) is 1.58. The zero-order chi connectivity index (χ0) is 83.8. The number of nitrogens with zero attached hydrogens (tertiary/aromatic N) is 12. The van der Waals surface area contributed by atoms with Crippen molar-refractivity contribution in [1.29, 1.82) is 0 Å². The first-order valence-electron chi connectivity index (χ1n) is 40.0. The van der Waals surface area contributed by atoms with E-state index in [1.165, 1.54) is 27.0 Å². The van der Waals surface area contributed by atoms with Crippen LogP contribution >= 0.6 is 57.4 Å². The van der Waals surface area contributed by atoms with Crippen molar-refractivity contribution < 1.29 is 48.9 Å². The quantitative estimate of drug-likeness (QED) is 0.0273. The van der Waals surface area contributed by atoms with Crippen LogP contribution in [0.15, 0.2) is 179 Å². The van der Waals surface area contributed by atoms with Gasteiger partial charge in [0.2, 0.25) is 47.3 Å². The molecule has 5 fully saturated rings. The summed E-state index contributed by atoms with van der Waals surface area (Å²) in [6.07, 6.45) is 14.9. The molecule has 2 aliphatic carbocycles. The number of rotatable bonds is 33. The lowest BCUT2D eigenvalue weighted by Gasteiger charge is -2.35. The lowest BCUT2D eigenvalue weighted by atomic mass is 10.2. The topological polar surface area (TPSA) is 273 Å². The van der Waals surface area contributed by atoms with Crippen molar-refractivity contribution in [3.05, 3.63) is 231 Å². The number of sulfonamides is 3. The van der Waals surface area contributed by atoms with Crippen molar-refractivity contribution in [1.82, 2.24) is 42.3 Å². The molecular formula is C85H102Cl3IN12O14S3. The predicted molar refractivity (Wildman–Crippen MR) is 473 cm³/mol. The molecule has 0 amide bonds. The van der Waals surface area contributed by atoms with Crippen LogP contribution in [0.25, 0.3) is 17.1 Å². The average molecular weight is 1850 g/mol. The maximum atomic E-state index is 13.6. The fourth-order valence-electron chi connectivity index (χ4n) is 13.4. The van der Waals surface area contributed by atoms with Gasteiger partial charge >= 0.3 is 16.7 Å². The number of piperazine rings is 3. The van der Waals surface area contributed by atoms with Crippen molar-refractivity contribution in [3.63, 3.8) is 0 Å². The Morgan fingerprint density at radius 2 is 0.661 bits per heavy atom. The van der Waals surface area contributed by atoms with E-state index in [1.807, 2.05) is 63.2 Å². The highest BCUT2D eigenvalue weighted by Gasteiger charge is 2.41. The minimum absolute atomic E-state index is 0.0336. The van der Waals surface area contributed by atoms with Gasteiger partial charge in [0.15, 0.2) is 0 Å². The largest absolute Gasteiger partial charge is 0.494 e. The molecule has 14 rings (SSSR count). The van der Waals surface area contributed by atoms with Crippen molar-refractivity contribution in [2.75, 3.05) is 126 Å². The number of hydrogen-bond donors (Lipinski definition) is 0. The van der Waals surface area contributed by atoms with Gasteiger partial charge < -0.3 is 38.4 Å². The van der Waals surface area contributed by atoms with Crippen molar-refractivity contribution in [2.45, 2.75) is 116 Å². The lowest BCUT2D eigenvalue weighted by Crippen LogP contribution is -2.49. The van der Waals surface area contributed by atoms with Gasteiger partial charge in [-0.05, 0) is 175 Å². The van der Waals surface area contributed by atoms with Gasteiger partial charge in [0.05, 0.1) is 85.9 Å². The van der Waals surface area contributed by atoms with Crippen molar-refractivity contribution >= 4 is 105 Å². The van der Waals surface area contributed by atoms with E-state index in [0.717, 1.165) is 84.8 Å². The summed E-state index contributed by atoms with van der Waals surface area (Å²) in [5, 5.41) is 14.7. The Bertz CT molecular complexity index is 5450. The summed E-state index contributed by atoms with van der Waals surface area (Å²) in [5.74, 6) is 1.97. The maximum absolute atomic E-state index is 13.6. The Kier molecular flexibility index (Phi) is 30.4. The second kappa shape index (κ2) is 40.4. The number of hydrogen-bond acceptors (Lipinski definition) is 20. The van der Waals surface area contributed by atoms with E-state index in [9.17, 15) is 39.6 Å². The van der Waals surface area contributed by atoms with Crippen molar-refractivity contribution in [3.8, 4) is 45.8 Å². The molecule has 26 nitrogen and oxygen atoms in total. The monoisotopic (exact) mass is 1840 g/mol. The van der Waals surface area contributed by atoms with Crippen LogP contribution in [-0.2, 0) is 47.3 Å². The number of unbranched alkanes of at least 4 members (excludes halogenated alkanes) is 3. The highest BCUT2D eigenvalue weighted by molar-refractivity contribution is 14.1. The third kappa shape index (κ3) is 23.9. The minimum Gasteiger partial charge on any atom is -0.494 e. The molecule has 0 atom stereocenters. The zero-order valence-electron chi connectivity index (χ0n) is 67.1. The van der Waals surface area contributed by atoms with Crippen LogP contribution < -0.4 is 55.1 Å². The number of benzene rings is 6. The molecule has 6 heterocycles. The van der Waals surface area contributed by atoms with Crippen LogP contribution in [0.4, 0.5) is 17.1 Å². The molecule has 5 aliphatic rings. The summed E-state index contributed by atoms with van der Waals surface area (Å²) in [6.45, 7) is 17.5. The van der Waals surface area contributed by atoms with Gasteiger partial charge in [-0.15, -0.1) is 0 Å². The number of anilines is 3. The second-order valence-electron chi connectivity index (χ2n) is 30.8. The smallest absolute Gasteiger partial charge is 0.316 e. The first-order valence-corrected chi connectivity index (χ1v) is 47.1. The van der Waals surface area contributed by atoms with E-state index in [2.05, 4.69) is 72.5 Å². The van der Waals surface area contributed by atoms with Gasteiger partial charge in [0, 0.05) is 108 Å². The Morgan fingerprint density at radius 3 is 0.941 bits per heavy atom. The maximum Gasteiger partial charge on any atom is 0.316 e. The van der Waals surface area contributed by atoms with E-state index >= 15 is 0 Å². The van der Waals surface area contributed by atoms with Gasteiger partial charge in [-0.1, -0.05) is 143 Å². The Hall–Kier alpha value is -8.31. The van der Waals surface area contributed by atoms with E-state index in [0.29, 0.717) is 172 Å². The minimum atomic E-state index is -3.52. The molecule has 632 valence electrons. The third-order valence-electron chi connectivity index (χ3n) is 21.2. The molecule has 0 bridgehead atoms. The van der Waals surface area contributed by atoms with Crippen LogP contribution in [0.2, 0.25) is 15.1 Å². The predicted octanol–water partition coefficient (Wildman–Crippen LogP) is 14.1.